The van der Waals surface area contributed by atoms with Crippen molar-refractivity contribution >= 4 is 17.0 Å². The Morgan fingerprint density at radius 1 is 1.31 bits per heavy atom. The largest absolute Gasteiger partial charge is 0.379 e. The zero-order valence-corrected chi connectivity index (χ0v) is 16.4. The molecular formula is C18H30N6O2. The zero-order valence-electron chi connectivity index (χ0n) is 16.4. The fourth-order valence-electron chi connectivity index (χ4n) is 3.39. The first-order valence-electron chi connectivity index (χ1n) is 9.31. The van der Waals surface area contributed by atoms with Crippen molar-refractivity contribution in [2.45, 2.75) is 46.2 Å². The van der Waals surface area contributed by atoms with Gasteiger partial charge in [-0.3, -0.25) is 14.7 Å². The molecule has 1 aliphatic rings. The quantitative estimate of drug-likeness (QED) is 0.841. The SMILES string of the molecule is CC(C)C(CNc1nc2c(cnn2C(C)(C)C)c(=O)[nH]1)N1CCOCC1. The second-order valence-electron chi connectivity index (χ2n) is 8.22. The van der Waals surface area contributed by atoms with Crippen LogP contribution in [0.4, 0.5) is 5.95 Å². The smallest absolute Gasteiger partial charge is 0.263 e. The molecule has 0 saturated carbocycles. The molecule has 2 N–H and O–H groups in total. The van der Waals surface area contributed by atoms with Crippen LogP contribution in [0.1, 0.15) is 34.6 Å². The molecule has 1 atom stereocenters. The predicted octanol–water partition coefficient (Wildman–Crippen LogP) is 1.64. The number of rotatable bonds is 5. The van der Waals surface area contributed by atoms with Gasteiger partial charge in [0.05, 0.1) is 24.9 Å². The maximum Gasteiger partial charge on any atom is 0.263 e. The van der Waals surface area contributed by atoms with Crippen LogP contribution in [-0.2, 0) is 10.3 Å². The summed E-state index contributed by atoms with van der Waals surface area (Å²) >= 11 is 0. The van der Waals surface area contributed by atoms with E-state index in [1.54, 1.807) is 10.9 Å². The Kier molecular flexibility index (Phi) is 5.34. The number of ether oxygens (including phenoxy) is 1. The molecular weight excluding hydrogens is 332 g/mol. The van der Waals surface area contributed by atoms with E-state index in [-0.39, 0.29) is 11.1 Å². The minimum atomic E-state index is -0.242. The third-order valence-corrected chi connectivity index (χ3v) is 4.84. The summed E-state index contributed by atoms with van der Waals surface area (Å²) in [5.74, 6) is 0.976. The van der Waals surface area contributed by atoms with Gasteiger partial charge in [0.15, 0.2) is 5.65 Å². The summed E-state index contributed by atoms with van der Waals surface area (Å²) in [6.45, 7) is 14.7. The van der Waals surface area contributed by atoms with Gasteiger partial charge in [-0.1, -0.05) is 13.8 Å². The molecule has 3 heterocycles. The van der Waals surface area contributed by atoms with Crippen molar-refractivity contribution in [3.8, 4) is 0 Å². The van der Waals surface area contributed by atoms with E-state index in [1.165, 1.54) is 0 Å². The minimum absolute atomic E-state index is 0.166. The second kappa shape index (κ2) is 7.36. The molecule has 2 aromatic rings. The average molecular weight is 362 g/mol. The molecule has 8 nitrogen and oxygen atoms in total. The van der Waals surface area contributed by atoms with E-state index >= 15 is 0 Å². The van der Waals surface area contributed by atoms with Crippen LogP contribution in [0.3, 0.4) is 0 Å². The highest BCUT2D eigenvalue weighted by molar-refractivity contribution is 5.74. The molecule has 0 bridgehead atoms. The fourth-order valence-corrected chi connectivity index (χ4v) is 3.39. The maximum atomic E-state index is 12.4. The third kappa shape index (κ3) is 3.91. The van der Waals surface area contributed by atoms with E-state index in [9.17, 15) is 4.79 Å². The molecule has 2 aromatic heterocycles. The molecule has 0 radical (unpaired) electrons. The summed E-state index contributed by atoms with van der Waals surface area (Å²) in [5.41, 5.74) is 0.199. The van der Waals surface area contributed by atoms with E-state index in [2.05, 4.69) is 39.1 Å². The summed E-state index contributed by atoms with van der Waals surface area (Å²) in [5, 5.41) is 8.20. The van der Waals surface area contributed by atoms with Crippen LogP contribution in [0.25, 0.3) is 11.0 Å². The number of aromatic nitrogens is 4. The lowest BCUT2D eigenvalue weighted by atomic mass is 10.0. The van der Waals surface area contributed by atoms with Gasteiger partial charge in [-0.25, -0.2) is 4.68 Å². The van der Waals surface area contributed by atoms with Gasteiger partial charge < -0.3 is 10.1 Å². The van der Waals surface area contributed by atoms with Crippen LogP contribution in [0.5, 0.6) is 0 Å². The zero-order chi connectivity index (χ0) is 18.9. The van der Waals surface area contributed by atoms with Crippen LogP contribution in [-0.4, -0.2) is 63.5 Å². The maximum absolute atomic E-state index is 12.4. The molecule has 0 aromatic carbocycles. The summed E-state index contributed by atoms with van der Waals surface area (Å²) in [4.78, 5) is 22.3. The monoisotopic (exact) mass is 362 g/mol. The number of aromatic amines is 1. The van der Waals surface area contributed by atoms with Crippen LogP contribution >= 0.6 is 0 Å². The number of H-pyrrole nitrogens is 1. The van der Waals surface area contributed by atoms with E-state index in [0.717, 1.165) is 32.8 Å². The molecule has 3 rings (SSSR count). The highest BCUT2D eigenvalue weighted by Crippen LogP contribution is 2.19. The van der Waals surface area contributed by atoms with Gasteiger partial charge in [0.1, 0.15) is 5.39 Å². The Balaban J connectivity index is 1.82. The number of morpholine rings is 1. The Morgan fingerprint density at radius 3 is 2.62 bits per heavy atom. The van der Waals surface area contributed by atoms with Crippen molar-refractivity contribution in [3.63, 3.8) is 0 Å². The summed E-state index contributed by atoms with van der Waals surface area (Å²) in [6.07, 6.45) is 1.58. The predicted molar refractivity (Wildman–Crippen MR) is 103 cm³/mol. The van der Waals surface area contributed by atoms with Gasteiger partial charge in [0.2, 0.25) is 5.95 Å². The molecule has 0 amide bonds. The Hall–Kier alpha value is -1.93. The Bertz CT molecular complexity index is 798. The van der Waals surface area contributed by atoms with Gasteiger partial charge in [-0.05, 0) is 26.7 Å². The lowest BCUT2D eigenvalue weighted by Crippen LogP contribution is -2.49. The van der Waals surface area contributed by atoms with E-state index in [1.807, 2.05) is 20.8 Å². The Labute approximate surface area is 153 Å². The van der Waals surface area contributed by atoms with E-state index < -0.39 is 0 Å². The molecule has 1 unspecified atom stereocenters. The van der Waals surface area contributed by atoms with Crippen LogP contribution < -0.4 is 10.9 Å². The first kappa shape index (κ1) is 18.8. The van der Waals surface area contributed by atoms with Gasteiger partial charge in [-0.2, -0.15) is 10.1 Å². The first-order valence-corrected chi connectivity index (χ1v) is 9.31. The van der Waals surface area contributed by atoms with Crippen molar-refractivity contribution in [2.75, 3.05) is 38.2 Å². The molecule has 8 heteroatoms. The van der Waals surface area contributed by atoms with E-state index in [0.29, 0.717) is 28.9 Å². The normalized spacial score (nSPS) is 17.8. The average Bonchev–Trinajstić information content (AvgIpc) is 3.00. The number of nitrogens with one attached hydrogen (secondary N) is 2. The Morgan fingerprint density at radius 2 is 2.00 bits per heavy atom. The van der Waals surface area contributed by atoms with Gasteiger partial charge in [0, 0.05) is 25.7 Å². The summed E-state index contributed by atoms with van der Waals surface area (Å²) < 4.78 is 7.26. The molecule has 26 heavy (non-hydrogen) atoms. The van der Waals surface area contributed by atoms with Crippen molar-refractivity contribution in [3.05, 3.63) is 16.6 Å². The van der Waals surface area contributed by atoms with Crippen molar-refractivity contribution in [1.29, 1.82) is 0 Å². The topological polar surface area (TPSA) is 88.1 Å². The summed E-state index contributed by atoms with van der Waals surface area (Å²) in [7, 11) is 0. The first-order chi connectivity index (χ1) is 12.3. The fraction of sp³-hybridized carbons (Fsp3) is 0.722. The van der Waals surface area contributed by atoms with Crippen molar-refractivity contribution in [2.24, 2.45) is 5.92 Å². The number of fused-ring (bicyclic) bond motifs is 1. The third-order valence-electron chi connectivity index (χ3n) is 4.84. The minimum Gasteiger partial charge on any atom is -0.379 e. The van der Waals surface area contributed by atoms with Gasteiger partial charge >= 0.3 is 0 Å². The summed E-state index contributed by atoms with van der Waals surface area (Å²) in [6, 6.07) is 0.354. The van der Waals surface area contributed by atoms with Gasteiger partial charge in [0.25, 0.3) is 5.56 Å². The number of nitrogens with zero attached hydrogens (tertiary/aromatic N) is 4. The molecule has 0 aliphatic carbocycles. The number of anilines is 1. The lowest BCUT2D eigenvalue weighted by molar-refractivity contribution is 0.00951. The van der Waals surface area contributed by atoms with E-state index in [4.69, 9.17) is 4.74 Å². The van der Waals surface area contributed by atoms with Crippen LogP contribution in [0.15, 0.2) is 11.0 Å². The highest BCUT2D eigenvalue weighted by Gasteiger charge is 2.24. The van der Waals surface area contributed by atoms with Crippen LogP contribution in [0, 0.1) is 5.92 Å². The standard InChI is InChI=1S/C18H30N6O2/c1-12(2)14(23-6-8-26-9-7-23)11-19-17-21-15-13(16(25)22-17)10-20-24(15)18(3,4)5/h10,12,14H,6-9,11H2,1-5H3,(H2,19,21,22,25). The number of hydrogen-bond acceptors (Lipinski definition) is 6. The lowest BCUT2D eigenvalue weighted by Gasteiger charge is -2.36. The molecule has 1 fully saturated rings. The van der Waals surface area contributed by atoms with Crippen LogP contribution in [0.2, 0.25) is 0 Å². The second-order valence-corrected chi connectivity index (χ2v) is 8.22. The highest BCUT2D eigenvalue weighted by atomic mass is 16.5. The molecule has 0 spiro atoms. The molecule has 1 aliphatic heterocycles. The van der Waals surface area contributed by atoms with Crippen molar-refractivity contribution < 1.29 is 4.74 Å². The number of hydrogen-bond donors (Lipinski definition) is 2. The van der Waals surface area contributed by atoms with Gasteiger partial charge in [-0.15, -0.1) is 0 Å². The molecule has 144 valence electrons. The van der Waals surface area contributed by atoms with Crippen molar-refractivity contribution in [1.82, 2.24) is 24.6 Å². The molecule has 1 saturated heterocycles.